The molecule has 0 bridgehead atoms. The van der Waals surface area contributed by atoms with Gasteiger partial charge in [0.2, 0.25) is 0 Å². The van der Waals surface area contributed by atoms with Gasteiger partial charge in [-0.05, 0) is 12.8 Å². The van der Waals surface area contributed by atoms with Crippen LogP contribution < -0.4 is 0 Å². The van der Waals surface area contributed by atoms with Gasteiger partial charge in [-0.2, -0.15) is 0 Å². The number of esters is 3. The molecule has 0 aliphatic carbocycles. The fourth-order valence-corrected chi connectivity index (χ4v) is 0.984. The number of hydrogen-bond acceptors (Lipinski definition) is 6. The molecule has 0 amide bonds. The van der Waals surface area contributed by atoms with E-state index >= 15 is 0 Å². The van der Waals surface area contributed by atoms with E-state index in [1.165, 1.54) is 6.92 Å². The van der Waals surface area contributed by atoms with E-state index in [2.05, 4.69) is 24.5 Å². The molecule has 0 spiro atoms. The SMILES string of the molecule is C=C.C=COC(C)=O.CCCCOC(=O)/C=C\C(=O)OCCCC. The summed E-state index contributed by atoms with van der Waals surface area (Å²) < 4.78 is 13.8. The van der Waals surface area contributed by atoms with Gasteiger partial charge in [-0.15, -0.1) is 13.2 Å². The molecule has 0 rings (SSSR count). The lowest BCUT2D eigenvalue weighted by Gasteiger charge is -2.00. The molecule has 0 aromatic heterocycles. The zero-order valence-corrected chi connectivity index (χ0v) is 15.0. The van der Waals surface area contributed by atoms with Crippen LogP contribution in [0.4, 0.5) is 0 Å². The summed E-state index contributed by atoms with van der Waals surface area (Å²) in [6, 6.07) is 0. The summed E-state index contributed by atoms with van der Waals surface area (Å²) in [6.45, 7) is 15.3. The van der Waals surface area contributed by atoms with Crippen LogP contribution in [-0.4, -0.2) is 31.1 Å². The molecule has 0 saturated carbocycles. The van der Waals surface area contributed by atoms with E-state index in [-0.39, 0.29) is 5.97 Å². The standard InChI is InChI=1S/C12H20O4.C4H6O2.C2H4/c1-3-5-9-15-11(13)7-8-12(14)16-10-6-4-2;1-3-6-4(2)5;1-2/h7-8H,3-6,9-10H2,1-2H3;3H,1H2,2H3;1-2H2/b8-7-;;. The molecule has 0 aromatic carbocycles. The van der Waals surface area contributed by atoms with Gasteiger partial charge in [0.1, 0.15) is 0 Å². The van der Waals surface area contributed by atoms with Crippen LogP contribution in [0.5, 0.6) is 0 Å². The monoisotopic (exact) mass is 342 g/mol. The van der Waals surface area contributed by atoms with Crippen LogP contribution in [0.3, 0.4) is 0 Å². The van der Waals surface area contributed by atoms with Crippen LogP contribution in [0.1, 0.15) is 46.5 Å². The average molecular weight is 342 g/mol. The minimum Gasteiger partial charge on any atom is -0.463 e. The Labute approximate surface area is 145 Å². The number of carbonyl (C=O) groups excluding carboxylic acids is 3. The maximum Gasteiger partial charge on any atom is 0.331 e. The van der Waals surface area contributed by atoms with Crippen molar-refractivity contribution < 1.29 is 28.6 Å². The summed E-state index contributed by atoms with van der Waals surface area (Å²) in [5.41, 5.74) is 0. The van der Waals surface area contributed by atoms with Crippen LogP contribution in [0.25, 0.3) is 0 Å². The van der Waals surface area contributed by atoms with E-state index < -0.39 is 11.9 Å². The first-order valence-electron chi connectivity index (χ1n) is 7.77. The van der Waals surface area contributed by atoms with E-state index in [1.807, 2.05) is 13.8 Å². The second kappa shape index (κ2) is 22.9. The molecule has 0 heterocycles. The highest BCUT2D eigenvalue weighted by Gasteiger charge is 2.00. The van der Waals surface area contributed by atoms with Crippen LogP contribution in [0, 0.1) is 0 Å². The van der Waals surface area contributed by atoms with Crippen LogP contribution in [-0.2, 0) is 28.6 Å². The highest BCUT2D eigenvalue weighted by molar-refractivity contribution is 5.91. The Kier molecular flexibility index (Phi) is 25.3. The third kappa shape index (κ3) is 27.9. The summed E-state index contributed by atoms with van der Waals surface area (Å²) in [5, 5.41) is 0. The highest BCUT2D eigenvalue weighted by Crippen LogP contribution is 1.92. The maximum atomic E-state index is 11.0. The van der Waals surface area contributed by atoms with Crippen LogP contribution >= 0.6 is 0 Å². The Hall–Kier alpha value is -2.37. The molecule has 0 aliphatic heterocycles. The molecule has 6 heteroatoms. The number of unbranched alkanes of at least 4 members (excludes halogenated alkanes) is 2. The quantitative estimate of drug-likeness (QED) is 0.159. The van der Waals surface area contributed by atoms with Crippen molar-refractivity contribution in [2.45, 2.75) is 46.5 Å². The first-order chi connectivity index (χ1) is 11.5. The lowest BCUT2D eigenvalue weighted by Crippen LogP contribution is -2.05. The van der Waals surface area contributed by atoms with E-state index in [1.54, 1.807) is 0 Å². The zero-order valence-electron chi connectivity index (χ0n) is 15.0. The fourth-order valence-electron chi connectivity index (χ4n) is 0.984. The van der Waals surface area contributed by atoms with Crippen LogP contribution in [0.2, 0.25) is 0 Å². The minimum atomic E-state index is -0.499. The Morgan fingerprint density at radius 3 is 1.46 bits per heavy atom. The summed E-state index contributed by atoms with van der Waals surface area (Å²) in [7, 11) is 0. The van der Waals surface area contributed by atoms with Crippen molar-refractivity contribution >= 4 is 17.9 Å². The molecule has 24 heavy (non-hydrogen) atoms. The van der Waals surface area contributed by atoms with Crippen LogP contribution in [0.15, 0.2) is 38.2 Å². The van der Waals surface area contributed by atoms with E-state index in [0.717, 1.165) is 44.1 Å². The van der Waals surface area contributed by atoms with Crippen molar-refractivity contribution in [2.24, 2.45) is 0 Å². The molecular weight excluding hydrogens is 312 g/mol. The molecule has 0 unspecified atom stereocenters. The van der Waals surface area contributed by atoms with Crippen molar-refractivity contribution in [3.8, 4) is 0 Å². The second-order valence-electron chi connectivity index (χ2n) is 4.15. The topological polar surface area (TPSA) is 78.9 Å². The molecule has 6 nitrogen and oxygen atoms in total. The third-order valence-electron chi connectivity index (χ3n) is 2.09. The largest absolute Gasteiger partial charge is 0.463 e. The molecule has 0 atom stereocenters. The van der Waals surface area contributed by atoms with Gasteiger partial charge < -0.3 is 14.2 Å². The normalized spacial score (nSPS) is 8.79. The third-order valence-corrected chi connectivity index (χ3v) is 2.09. The van der Waals surface area contributed by atoms with Gasteiger partial charge in [0.25, 0.3) is 0 Å². The lowest BCUT2D eigenvalue weighted by atomic mass is 10.4. The van der Waals surface area contributed by atoms with Gasteiger partial charge in [-0.25, -0.2) is 9.59 Å². The van der Waals surface area contributed by atoms with Crippen molar-refractivity contribution in [3.63, 3.8) is 0 Å². The van der Waals surface area contributed by atoms with Gasteiger partial charge in [0, 0.05) is 19.1 Å². The van der Waals surface area contributed by atoms with Crippen molar-refractivity contribution in [1.82, 2.24) is 0 Å². The zero-order chi connectivity index (χ0) is 19.2. The predicted molar refractivity (Wildman–Crippen MR) is 94.1 cm³/mol. The number of ether oxygens (including phenoxy) is 3. The second-order valence-corrected chi connectivity index (χ2v) is 4.15. The Bertz CT molecular complexity index is 350. The highest BCUT2D eigenvalue weighted by atomic mass is 16.5. The molecule has 0 N–H and O–H groups in total. The van der Waals surface area contributed by atoms with Crippen molar-refractivity contribution in [1.29, 1.82) is 0 Å². The number of carbonyl (C=O) groups is 3. The molecule has 0 fully saturated rings. The predicted octanol–water partition coefficient (Wildman–Crippen LogP) is 3.72. The molecule has 0 radical (unpaired) electrons. The average Bonchev–Trinajstić information content (AvgIpc) is 2.56. The van der Waals surface area contributed by atoms with E-state index in [0.29, 0.717) is 13.2 Å². The first-order valence-corrected chi connectivity index (χ1v) is 7.77. The van der Waals surface area contributed by atoms with Gasteiger partial charge in [0.15, 0.2) is 0 Å². The fraction of sp³-hybridized carbons (Fsp3) is 0.500. The maximum absolute atomic E-state index is 11.0. The molecular formula is C18H30O6. The number of hydrogen-bond donors (Lipinski definition) is 0. The summed E-state index contributed by atoms with van der Waals surface area (Å²) in [4.78, 5) is 31.8. The Morgan fingerprint density at radius 1 is 0.875 bits per heavy atom. The van der Waals surface area contributed by atoms with Gasteiger partial charge >= 0.3 is 17.9 Å². The van der Waals surface area contributed by atoms with E-state index in [9.17, 15) is 14.4 Å². The van der Waals surface area contributed by atoms with Gasteiger partial charge in [-0.3, -0.25) is 4.79 Å². The molecule has 0 saturated heterocycles. The minimum absolute atomic E-state index is 0.329. The molecule has 0 aliphatic rings. The lowest BCUT2D eigenvalue weighted by molar-refractivity contribution is -0.140. The van der Waals surface area contributed by atoms with E-state index in [4.69, 9.17) is 9.47 Å². The first kappa shape index (κ1) is 26.5. The summed E-state index contributed by atoms with van der Waals surface area (Å²) in [6.07, 6.45) is 6.91. The Balaban J connectivity index is -0.000000462. The van der Waals surface area contributed by atoms with Crippen molar-refractivity contribution in [2.75, 3.05) is 13.2 Å². The summed E-state index contributed by atoms with van der Waals surface area (Å²) >= 11 is 0. The molecule has 138 valence electrons. The van der Waals surface area contributed by atoms with Gasteiger partial charge in [-0.1, -0.05) is 33.3 Å². The Morgan fingerprint density at radius 2 is 1.25 bits per heavy atom. The van der Waals surface area contributed by atoms with Gasteiger partial charge in [0.05, 0.1) is 19.5 Å². The molecule has 0 aromatic rings. The van der Waals surface area contributed by atoms with Crippen molar-refractivity contribution in [3.05, 3.63) is 38.2 Å². The summed E-state index contributed by atoms with van der Waals surface area (Å²) in [5.74, 6) is -1.33. The smallest absolute Gasteiger partial charge is 0.331 e. The number of rotatable bonds is 9.